The molecule has 2 N–H and O–H groups in total. The molecule has 0 radical (unpaired) electrons. The van der Waals surface area contributed by atoms with Crippen LogP contribution in [0.15, 0.2) is 18.5 Å². The van der Waals surface area contributed by atoms with Gasteiger partial charge in [-0.05, 0) is 19.4 Å². The zero-order valence-electron chi connectivity index (χ0n) is 10.3. The lowest BCUT2D eigenvalue weighted by molar-refractivity contribution is 0.0945. The molecule has 1 amide bonds. The summed E-state index contributed by atoms with van der Waals surface area (Å²) in [7, 11) is 1.77. The molecule has 0 atom stereocenters. The SMILES string of the molecule is CCOCCCNC(=O)c1ccncc1NC. The fourth-order valence-electron chi connectivity index (χ4n) is 1.41. The van der Waals surface area contributed by atoms with E-state index in [2.05, 4.69) is 15.6 Å². The minimum Gasteiger partial charge on any atom is -0.386 e. The highest BCUT2D eigenvalue weighted by atomic mass is 16.5. The normalized spacial score (nSPS) is 10.0. The molecule has 1 rings (SSSR count). The molecule has 0 saturated heterocycles. The number of nitrogens with zero attached hydrogens (tertiary/aromatic N) is 1. The molecule has 0 saturated carbocycles. The third-order valence-corrected chi connectivity index (χ3v) is 2.29. The number of carbonyl (C=O) groups excluding carboxylic acids is 1. The van der Waals surface area contributed by atoms with Gasteiger partial charge >= 0.3 is 0 Å². The lowest BCUT2D eigenvalue weighted by Crippen LogP contribution is -2.26. The summed E-state index contributed by atoms with van der Waals surface area (Å²) in [6, 6.07) is 1.70. The second kappa shape index (κ2) is 7.62. The second-order valence-corrected chi connectivity index (χ2v) is 3.48. The Morgan fingerprint density at radius 1 is 1.53 bits per heavy atom. The van der Waals surface area contributed by atoms with Crippen molar-refractivity contribution in [1.82, 2.24) is 10.3 Å². The van der Waals surface area contributed by atoms with Crippen molar-refractivity contribution in [2.75, 3.05) is 32.1 Å². The lowest BCUT2D eigenvalue weighted by Gasteiger charge is -2.09. The number of ether oxygens (including phenoxy) is 1. The molecule has 5 nitrogen and oxygen atoms in total. The largest absolute Gasteiger partial charge is 0.386 e. The molecule has 5 heteroatoms. The van der Waals surface area contributed by atoms with Crippen LogP contribution in [0, 0.1) is 0 Å². The molecule has 94 valence electrons. The van der Waals surface area contributed by atoms with Crippen molar-refractivity contribution in [3.8, 4) is 0 Å². The molecule has 0 bridgehead atoms. The molecule has 0 aliphatic heterocycles. The van der Waals surface area contributed by atoms with Gasteiger partial charge in [-0.25, -0.2) is 0 Å². The Morgan fingerprint density at radius 3 is 3.06 bits per heavy atom. The monoisotopic (exact) mass is 237 g/mol. The Morgan fingerprint density at radius 2 is 2.35 bits per heavy atom. The van der Waals surface area contributed by atoms with Crippen molar-refractivity contribution >= 4 is 11.6 Å². The van der Waals surface area contributed by atoms with Gasteiger partial charge in [0.2, 0.25) is 0 Å². The first kappa shape index (κ1) is 13.4. The van der Waals surface area contributed by atoms with E-state index in [1.165, 1.54) is 0 Å². The van der Waals surface area contributed by atoms with E-state index in [0.717, 1.165) is 12.1 Å². The summed E-state index contributed by atoms with van der Waals surface area (Å²) in [4.78, 5) is 15.8. The molecule has 0 aliphatic rings. The van der Waals surface area contributed by atoms with Crippen LogP contribution in [0.25, 0.3) is 0 Å². The van der Waals surface area contributed by atoms with Crippen LogP contribution in [0.5, 0.6) is 0 Å². The minimum atomic E-state index is -0.0896. The number of hydrogen-bond acceptors (Lipinski definition) is 4. The predicted molar refractivity (Wildman–Crippen MR) is 67.2 cm³/mol. The van der Waals surface area contributed by atoms with Gasteiger partial charge in [-0.15, -0.1) is 0 Å². The van der Waals surface area contributed by atoms with Gasteiger partial charge in [-0.3, -0.25) is 9.78 Å². The number of nitrogens with one attached hydrogen (secondary N) is 2. The molecule has 0 unspecified atom stereocenters. The van der Waals surface area contributed by atoms with Crippen LogP contribution in [0.3, 0.4) is 0 Å². The highest BCUT2D eigenvalue weighted by molar-refractivity contribution is 5.99. The van der Waals surface area contributed by atoms with Gasteiger partial charge < -0.3 is 15.4 Å². The molecule has 0 aliphatic carbocycles. The summed E-state index contributed by atoms with van der Waals surface area (Å²) >= 11 is 0. The Balaban J connectivity index is 2.41. The number of amides is 1. The highest BCUT2D eigenvalue weighted by Crippen LogP contribution is 2.11. The van der Waals surface area contributed by atoms with E-state index >= 15 is 0 Å². The average molecular weight is 237 g/mol. The fraction of sp³-hybridized carbons (Fsp3) is 0.500. The molecular weight excluding hydrogens is 218 g/mol. The van der Waals surface area contributed by atoms with Crippen molar-refractivity contribution in [2.45, 2.75) is 13.3 Å². The van der Waals surface area contributed by atoms with E-state index in [-0.39, 0.29) is 5.91 Å². The fourth-order valence-corrected chi connectivity index (χ4v) is 1.41. The van der Waals surface area contributed by atoms with Crippen molar-refractivity contribution in [3.05, 3.63) is 24.0 Å². The first-order valence-corrected chi connectivity index (χ1v) is 5.77. The Kier molecular flexibility index (Phi) is 6.03. The maximum absolute atomic E-state index is 11.8. The van der Waals surface area contributed by atoms with Crippen LogP contribution in [-0.2, 0) is 4.74 Å². The van der Waals surface area contributed by atoms with Gasteiger partial charge in [0.05, 0.1) is 17.4 Å². The number of pyridine rings is 1. The molecule has 0 fully saturated rings. The lowest BCUT2D eigenvalue weighted by atomic mass is 10.2. The zero-order valence-corrected chi connectivity index (χ0v) is 10.3. The van der Waals surface area contributed by atoms with Crippen molar-refractivity contribution in [2.24, 2.45) is 0 Å². The van der Waals surface area contributed by atoms with E-state index in [9.17, 15) is 4.79 Å². The van der Waals surface area contributed by atoms with Crippen LogP contribution in [0.2, 0.25) is 0 Å². The van der Waals surface area contributed by atoms with Crippen molar-refractivity contribution < 1.29 is 9.53 Å². The van der Waals surface area contributed by atoms with E-state index < -0.39 is 0 Å². The second-order valence-electron chi connectivity index (χ2n) is 3.48. The maximum Gasteiger partial charge on any atom is 0.253 e. The first-order valence-electron chi connectivity index (χ1n) is 5.77. The summed E-state index contributed by atoms with van der Waals surface area (Å²) < 4.78 is 5.19. The molecule has 17 heavy (non-hydrogen) atoms. The highest BCUT2D eigenvalue weighted by Gasteiger charge is 2.09. The summed E-state index contributed by atoms with van der Waals surface area (Å²) in [5, 5.41) is 5.79. The number of aromatic nitrogens is 1. The smallest absolute Gasteiger partial charge is 0.253 e. The molecule has 1 aromatic heterocycles. The third-order valence-electron chi connectivity index (χ3n) is 2.29. The van der Waals surface area contributed by atoms with Gasteiger partial charge in [0.15, 0.2) is 0 Å². The Labute approximate surface area is 102 Å². The summed E-state index contributed by atoms with van der Waals surface area (Å²) in [5.74, 6) is -0.0896. The van der Waals surface area contributed by atoms with E-state index in [1.807, 2.05) is 6.92 Å². The van der Waals surface area contributed by atoms with Gasteiger partial charge in [0.1, 0.15) is 0 Å². The molecule has 1 aromatic rings. The Hall–Kier alpha value is -1.62. The topological polar surface area (TPSA) is 63.2 Å². The van der Waals surface area contributed by atoms with Gasteiger partial charge in [0.25, 0.3) is 5.91 Å². The summed E-state index contributed by atoms with van der Waals surface area (Å²) in [6.07, 6.45) is 4.06. The maximum atomic E-state index is 11.8. The van der Waals surface area contributed by atoms with E-state index in [0.29, 0.717) is 25.3 Å². The quantitative estimate of drug-likeness (QED) is 0.701. The molecule has 1 heterocycles. The molecular formula is C12H19N3O2. The number of hydrogen-bond donors (Lipinski definition) is 2. The zero-order chi connectivity index (χ0) is 12.5. The third kappa shape index (κ3) is 4.40. The van der Waals surface area contributed by atoms with Crippen LogP contribution >= 0.6 is 0 Å². The van der Waals surface area contributed by atoms with Crippen LogP contribution in [0.4, 0.5) is 5.69 Å². The van der Waals surface area contributed by atoms with Gasteiger partial charge in [0, 0.05) is 33.0 Å². The van der Waals surface area contributed by atoms with Gasteiger partial charge in [-0.2, -0.15) is 0 Å². The van der Waals surface area contributed by atoms with Crippen molar-refractivity contribution in [3.63, 3.8) is 0 Å². The average Bonchev–Trinajstić information content (AvgIpc) is 2.38. The van der Waals surface area contributed by atoms with E-state index in [4.69, 9.17) is 4.74 Å². The predicted octanol–water partition coefficient (Wildman–Crippen LogP) is 1.28. The number of anilines is 1. The molecule has 0 aromatic carbocycles. The van der Waals surface area contributed by atoms with Crippen LogP contribution in [0.1, 0.15) is 23.7 Å². The summed E-state index contributed by atoms with van der Waals surface area (Å²) in [5.41, 5.74) is 1.34. The van der Waals surface area contributed by atoms with Crippen molar-refractivity contribution in [1.29, 1.82) is 0 Å². The molecule has 0 spiro atoms. The van der Waals surface area contributed by atoms with Crippen LogP contribution < -0.4 is 10.6 Å². The van der Waals surface area contributed by atoms with Gasteiger partial charge in [-0.1, -0.05) is 0 Å². The minimum absolute atomic E-state index is 0.0896. The number of carbonyl (C=O) groups is 1. The van der Waals surface area contributed by atoms with E-state index in [1.54, 1.807) is 25.5 Å². The Bertz CT molecular complexity index is 355. The number of rotatable bonds is 7. The summed E-state index contributed by atoms with van der Waals surface area (Å²) in [6.45, 7) is 3.95. The standard InChI is InChI=1S/C12H19N3O2/c1-3-17-8-4-6-15-12(16)10-5-7-14-9-11(10)13-2/h5,7,9,13H,3-4,6,8H2,1-2H3,(H,15,16). The van der Waals surface area contributed by atoms with Crippen LogP contribution in [-0.4, -0.2) is 37.7 Å². The first-order chi connectivity index (χ1) is 8.29.